The van der Waals surface area contributed by atoms with Gasteiger partial charge in [0.05, 0.1) is 5.56 Å². The third-order valence-electron chi connectivity index (χ3n) is 4.72. The van der Waals surface area contributed by atoms with Crippen LogP contribution in [0.15, 0.2) is 18.2 Å². The molecule has 2 N–H and O–H groups in total. The second kappa shape index (κ2) is 7.90. The Kier molecular flexibility index (Phi) is 5.86. The molecule has 0 spiro atoms. The van der Waals surface area contributed by atoms with Crippen molar-refractivity contribution in [3.63, 3.8) is 0 Å². The number of hydrogen-bond acceptors (Lipinski definition) is 5. The van der Waals surface area contributed by atoms with E-state index in [9.17, 15) is 24.0 Å². The molecule has 1 aliphatic rings. The lowest BCUT2D eigenvalue weighted by molar-refractivity contribution is -0.135. The van der Waals surface area contributed by atoms with Crippen LogP contribution in [0.2, 0.25) is 0 Å². The van der Waals surface area contributed by atoms with Gasteiger partial charge >= 0.3 is 0 Å². The summed E-state index contributed by atoms with van der Waals surface area (Å²) < 4.78 is 0. The Morgan fingerprint density at radius 1 is 1.35 bits per heavy atom. The van der Waals surface area contributed by atoms with E-state index in [2.05, 4.69) is 10.6 Å². The zero-order chi connectivity index (χ0) is 19.3. The second-order valence-electron chi connectivity index (χ2n) is 6.41. The molecule has 1 aromatic carbocycles. The molecule has 2 rings (SSSR count). The quantitative estimate of drug-likeness (QED) is 0.564. The second-order valence-corrected chi connectivity index (χ2v) is 6.41. The molecule has 1 unspecified atom stereocenters. The van der Waals surface area contributed by atoms with E-state index in [0.717, 1.165) is 0 Å². The van der Waals surface area contributed by atoms with Gasteiger partial charge in [0.2, 0.25) is 12.3 Å². The third-order valence-corrected chi connectivity index (χ3v) is 4.72. The first-order valence-electron chi connectivity index (χ1n) is 8.21. The summed E-state index contributed by atoms with van der Waals surface area (Å²) in [5.74, 6) is -1.38. The summed E-state index contributed by atoms with van der Waals surface area (Å²) in [6.07, 6.45) is 2.14. The van der Waals surface area contributed by atoms with E-state index in [4.69, 9.17) is 0 Å². The van der Waals surface area contributed by atoms with Crippen molar-refractivity contribution in [3.05, 3.63) is 34.9 Å². The van der Waals surface area contributed by atoms with E-state index in [1.165, 1.54) is 24.1 Å². The van der Waals surface area contributed by atoms with E-state index < -0.39 is 17.4 Å². The van der Waals surface area contributed by atoms with Gasteiger partial charge in [-0.3, -0.25) is 29.3 Å². The summed E-state index contributed by atoms with van der Waals surface area (Å²) >= 11 is 0. The van der Waals surface area contributed by atoms with Crippen LogP contribution in [-0.2, 0) is 20.9 Å². The smallest absolute Gasteiger partial charge is 0.255 e. The molecule has 0 saturated carbocycles. The fourth-order valence-corrected chi connectivity index (χ4v) is 2.93. The fourth-order valence-electron chi connectivity index (χ4n) is 2.93. The zero-order valence-electron chi connectivity index (χ0n) is 14.7. The minimum atomic E-state index is -1.19. The maximum Gasteiger partial charge on any atom is 0.255 e. The first kappa shape index (κ1) is 19.3. The van der Waals surface area contributed by atoms with Crippen LogP contribution >= 0.6 is 0 Å². The molecule has 1 fully saturated rings. The summed E-state index contributed by atoms with van der Waals surface area (Å²) in [5, 5.41) is 4.78. The maximum absolute atomic E-state index is 12.9. The molecule has 1 heterocycles. The number of aldehydes is 1. The molecule has 1 atom stereocenters. The first-order valence-corrected chi connectivity index (χ1v) is 8.21. The van der Waals surface area contributed by atoms with Crippen LogP contribution < -0.4 is 10.6 Å². The number of nitrogens with zero attached hydrogens (tertiary/aromatic N) is 1. The Balaban J connectivity index is 2.32. The Hall–Kier alpha value is -3.03. The number of imide groups is 1. The van der Waals surface area contributed by atoms with Crippen molar-refractivity contribution in [2.75, 3.05) is 7.05 Å². The van der Waals surface area contributed by atoms with Crippen LogP contribution in [0.4, 0.5) is 0 Å². The van der Waals surface area contributed by atoms with Crippen molar-refractivity contribution < 1.29 is 24.0 Å². The monoisotopic (exact) mass is 359 g/mol. The van der Waals surface area contributed by atoms with Crippen molar-refractivity contribution >= 4 is 30.4 Å². The van der Waals surface area contributed by atoms with Gasteiger partial charge in [-0.1, -0.05) is 6.07 Å². The highest BCUT2D eigenvalue weighted by Crippen LogP contribution is 2.26. The molecule has 4 amide bonds. The topological polar surface area (TPSA) is 113 Å². The van der Waals surface area contributed by atoms with Gasteiger partial charge in [-0.2, -0.15) is 0 Å². The highest BCUT2D eigenvalue weighted by Gasteiger charge is 2.42. The van der Waals surface area contributed by atoms with Crippen LogP contribution in [0.3, 0.4) is 0 Å². The molecule has 0 radical (unpaired) electrons. The average molecular weight is 359 g/mol. The fraction of sp³-hybridized carbons (Fsp3) is 0.389. The molecular weight excluding hydrogens is 338 g/mol. The van der Waals surface area contributed by atoms with Crippen LogP contribution in [0.5, 0.6) is 0 Å². The number of rotatable bonds is 6. The molecule has 1 saturated heterocycles. The standard InChI is InChI=1S/C18H21N3O5/c1-18(7-3-4-15(24)20-17(18)26)21(2)16(25)14-6-5-12(9-19-11-23)8-13(14)10-22/h5-6,8,10-11H,3-4,7,9H2,1-2H3,(H,19,23)(H,20,24,26). The minimum Gasteiger partial charge on any atom is -0.355 e. The van der Waals surface area contributed by atoms with Crippen LogP contribution in [-0.4, -0.2) is 47.9 Å². The van der Waals surface area contributed by atoms with Gasteiger partial charge in [0.15, 0.2) is 6.29 Å². The van der Waals surface area contributed by atoms with Gasteiger partial charge < -0.3 is 10.2 Å². The molecule has 8 heteroatoms. The zero-order valence-corrected chi connectivity index (χ0v) is 14.7. The molecule has 8 nitrogen and oxygen atoms in total. The Bertz CT molecular complexity index is 761. The number of likely N-dealkylation sites (N-methyl/N-ethyl adjacent to an activating group) is 1. The molecule has 138 valence electrons. The Labute approximate surface area is 150 Å². The van der Waals surface area contributed by atoms with Crippen molar-refractivity contribution in [2.45, 2.75) is 38.3 Å². The van der Waals surface area contributed by atoms with Crippen molar-refractivity contribution in [3.8, 4) is 0 Å². The predicted octanol–water partition coefficient (Wildman–Crippen LogP) is 0.402. The minimum absolute atomic E-state index is 0.155. The summed E-state index contributed by atoms with van der Waals surface area (Å²) in [6.45, 7) is 1.83. The van der Waals surface area contributed by atoms with Gasteiger partial charge in [0.1, 0.15) is 5.54 Å². The lowest BCUT2D eigenvalue weighted by Crippen LogP contribution is -2.57. The van der Waals surface area contributed by atoms with Crippen LogP contribution in [0, 0.1) is 0 Å². The molecular formula is C18H21N3O5. The number of carbonyl (C=O) groups is 5. The van der Waals surface area contributed by atoms with Gasteiger partial charge in [0.25, 0.3) is 11.8 Å². The molecule has 0 aromatic heterocycles. The van der Waals surface area contributed by atoms with Crippen LogP contribution in [0.25, 0.3) is 0 Å². The van der Waals surface area contributed by atoms with Crippen molar-refractivity contribution in [1.29, 1.82) is 0 Å². The van der Waals surface area contributed by atoms with E-state index in [1.807, 2.05) is 0 Å². The lowest BCUT2D eigenvalue weighted by Gasteiger charge is -2.36. The molecule has 0 aliphatic carbocycles. The third kappa shape index (κ3) is 3.79. The molecule has 1 aromatic rings. The molecule has 1 aliphatic heterocycles. The predicted molar refractivity (Wildman–Crippen MR) is 92.2 cm³/mol. The average Bonchev–Trinajstić information content (AvgIpc) is 2.76. The maximum atomic E-state index is 12.9. The van der Waals surface area contributed by atoms with E-state index in [-0.39, 0.29) is 30.0 Å². The number of amides is 4. The van der Waals surface area contributed by atoms with Crippen LogP contribution in [0.1, 0.15) is 52.5 Å². The highest BCUT2D eigenvalue weighted by molar-refractivity contribution is 6.06. The van der Waals surface area contributed by atoms with E-state index in [0.29, 0.717) is 31.1 Å². The lowest BCUT2D eigenvalue weighted by atomic mass is 9.92. The first-order chi connectivity index (χ1) is 12.3. The molecule has 26 heavy (non-hydrogen) atoms. The Morgan fingerprint density at radius 3 is 2.73 bits per heavy atom. The van der Waals surface area contributed by atoms with E-state index in [1.54, 1.807) is 13.0 Å². The van der Waals surface area contributed by atoms with Crippen molar-refractivity contribution in [1.82, 2.24) is 15.5 Å². The van der Waals surface area contributed by atoms with E-state index >= 15 is 0 Å². The summed E-state index contributed by atoms with van der Waals surface area (Å²) in [7, 11) is 1.48. The van der Waals surface area contributed by atoms with Gasteiger partial charge in [-0.05, 0) is 37.5 Å². The summed E-state index contributed by atoms with van der Waals surface area (Å²) in [5.41, 5.74) is -0.202. The summed E-state index contributed by atoms with van der Waals surface area (Å²) in [6, 6.07) is 4.64. The largest absolute Gasteiger partial charge is 0.355 e. The van der Waals surface area contributed by atoms with Crippen molar-refractivity contribution in [2.24, 2.45) is 0 Å². The SMILES string of the molecule is CN(C(=O)c1ccc(CNC=O)cc1C=O)C1(C)CCCC(=O)NC1=O. The normalized spacial score (nSPS) is 19.9. The highest BCUT2D eigenvalue weighted by atomic mass is 16.2. The van der Waals surface area contributed by atoms with Gasteiger partial charge in [0, 0.05) is 25.6 Å². The van der Waals surface area contributed by atoms with Gasteiger partial charge in [-0.15, -0.1) is 0 Å². The van der Waals surface area contributed by atoms with Gasteiger partial charge in [-0.25, -0.2) is 0 Å². The number of nitrogens with one attached hydrogen (secondary N) is 2. The molecule has 0 bridgehead atoms. The number of hydrogen-bond donors (Lipinski definition) is 2. The number of benzene rings is 1. The number of carbonyl (C=O) groups excluding carboxylic acids is 5. The Morgan fingerprint density at radius 2 is 2.08 bits per heavy atom. The summed E-state index contributed by atoms with van der Waals surface area (Å²) in [4.78, 5) is 60.0.